The maximum Gasteiger partial charge on any atom is 0.242 e. The average molecular weight is 327 g/mol. The quantitative estimate of drug-likeness (QED) is 0.729. The van der Waals surface area contributed by atoms with Crippen LogP contribution in [-0.2, 0) is 22.0 Å². The van der Waals surface area contributed by atoms with Gasteiger partial charge in [0.2, 0.25) is 10.0 Å². The van der Waals surface area contributed by atoms with E-state index in [1.54, 1.807) is 17.4 Å². The lowest BCUT2D eigenvalue weighted by Gasteiger charge is -2.23. The van der Waals surface area contributed by atoms with Crippen LogP contribution in [0, 0.1) is 0 Å². The maximum atomic E-state index is 12.3. The van der Waals surface area contributed by atoms with Gasteiger partial charge in [-0.15, -0.1) is 11.3 Å². The van der Waals surface area contributed by atoms with Crippen molar-refractivity contribution < 1.29 is 8.42 Å². The molecule has 0 radical (unpaired) electrons. The molecule has 2 aromatic rings. The van der Waals surface area contributed by atoms with E-state index in [9.17, 15) is 8.42 Å². The Bertz CT molecular complexity index is 673. The Labute approximate surface area is 129 Å². The van der Waals surface area contributed by atoms with Gasteiger partial charge in [-0.3, -0.25) is 0 Å². The van der Waals surface area contributed by atoms with Crippen molar-refractivity contribution in [1.82, 2.24) is 15.0 Å². The van der Waals surface area contributed by atoms with Gasteiger partial charge in [0.05, 0.1) is 4.90 Å². The van der Waals surface area contributed by atoms with E-state index < -0.39 is 10.0 Å². The second-order valence-electron chi connectivity index (χ2n) is 5.58. The van der Waals surface area contributed by atoms with Crippen molar-refractivity contribution in [2.45, 2.75) is 30.7 Å². The number of sulfonamides is 1. The van der Waals surface area contributed by atoms with Crippen LogP contribution < -0.4 is 10.0 Å². The van der Waals surface area contributed by atoms with E-state index in [0.29, 0.717) is 13.1 Å². The number of H-pyrrole nitrogens is 1. The van der Waals surface area contributed by atoms with E-state index in [0.717, 1.165) is 10.6 Å². The van der Waals surface area contributed by atoms with Crippen molar-refractivity contribution in [3.05, 3.63) is 40.3 Å². The zero-order chi connectivity index (χ0) is 15.5. The molecule has 0 aliphatic carbocycles. The Balaban J connectivity index is 2.07. The van der Waals surface area contributed by atoms with Gasteiger partial charge in [-0.2, -0.15) is 0 Å². The average Bonchev–Trinajstić information content (AvgIpc) is 3.08. The Kier molecular flexibility index (Phi) is 4.88. The van der Waals surface area contributed by atoms with Gasteiger partial charge in [0.25, 0.3) is 0 Å². The van der Waals surface area contributed by atoms with Crippen molar-refractivity contribution in [1.29, 1.82) is 0 Å². The van der Waals surface area contributed by atoms with E-state index in [2.05, 4.69) is 15.0 Å². The molecule has 0 aliphatic rings. The third-order valence-electron chi connectivity index (χ3n) is 3.29. The largest absolute Gasteiger partial charge is 0.363 e. The van der Waals surface area contributed by atoms with Gasteiger partial charge in [-0.25, -0.2) is 13.1 Å². The van der Waals surface area contributed by atoms with Crippen LogP contribution in [0.2, 0.25) is 0 Å². The van der Waals surface area contributed by atoms with E-state index in [-0.39, 0.29) is 10.3 Å². The molecule has 7 heteroatoms. The first-order valence-corrected chi connectivity index (χ1v) is 9.07. The highest BCUT2D eigenvalue weighted by atomic mass is 32.2. The zero-order valence-corrected chi connectivity index (χ0v) is 14.1. The highest BCUT2D eigenvalue weighted by molar-refractivity contribution is 7.89. The van der Waals surface area contributed by atoms with Crippen molar-refractivity contribution in [2.75, 3.05) is 13.6 Å². The topological polar surface area (TPSA) is 74.0 Å². The zero-order valence-electron chi connectivity index (χ0n) is 12.4. The molecule has 2 heterocycles. The monoisotopic (exact) mass is 327 g/mol. The number of aromatic amines is 1. The molecule has 5 nitrogen and oxygen atoms in total. The first-order chi connectivity index (χ1) is 9.85. The lowest BCUT2D eigenvalue weighted by atomic mass is 9.92. The molecule has 0 spiro atoms. The highest BCUT2D eigenvalue weighted by Crippen LogP contribution is 2.27. The summed E-state index contributed by atoms with van der Waals surface area (Å²) in [6.07, 6.45) is 1.52. The van der Waals surface area contributed by atoms with Crippen LogP contribution in [0.5, 0.6) is 0 Å². The summed E-state index contributed by atoms with van der Waals surface area (Å²) in [5.41, 5.74) is 0.612. The number of hydrogen-bond donors (Lipinski definition) is 3. The number of aromatic nitrogens is 1. The molecule has 0 amide bonds. The van der Waals surface area contributed by atoms with Crippen LogP contribution in [0.1, 0.15) is 24.4 Å². The molecule has 116 valence electrons. The Morgan fingerprint density at radius 1 is 1.38 bits per heavy atom. The predicted molar refractivity (Wildman–Crippen MR) is 86.1 cm³/mol. The van der Waals surface area contributed by atoms with Crippen molar-refractivity contribution in [3.8, 4) is 0 Å². The summed E-state index contributed by atoms with van der Waals surface area (Å²) >= 11 is 1.64. The third kappa shape index (κ3) is 3.94. The summed E-state index contributed by atoms with van der Waals surface area (Å²) in [7, 11) is -1.67. The molecule has 3 N–H and O–H groups in total. The Morgan fingerprint density at radius 2 is 2.14 bits per heavy atom. The molecule has 21 heavy (non-hydrogen) atoms. The smallest absolute Gasteiger partial charge is 0.242 e. The van der Waals surface area contributed by atoms with Crippen LogP contribution in [0.15, 0.2) is 34.7 Å². The lowest BCUT2D eigenvalue weighted by Crippen LogP contribution is -2.36. The van der Waals surface area contributed by atoms with E-state index >= 15 is 0 Å². The molecule has 0 saturated carbocycles. The lowest BCUT2D eigenvalue weighted by molar-refractivity contribution is 0.509. The fourth-order valence-corrected chi connectivity index (χ4v) is 4.06. The fraction of sp³-hybridized carbons (Fsp3) is 0.429. The van der Waals surface area contributed by atoms with Gasteiger partial charge in [0.1, 0.15) is 0 Å². The minimum Gasteiger partial charge on any atom is -0.363 e. The molecule has 0 aliphatic heterocycles. The SMILES string of the molecule is CNCc1cc(S(=O)(=O)NCC(C)(C)c2cccs2)c[nH]1. The highest BCUT2D eigenvalue weighted by Gasteiger charge is 2.25. The second kappa shape index (κ2) is 6.31. The van der Waals surface area contributed by atoms with Gasteiger partial charge in [-0.05, 0) is 24.6 Å². The molecular formula is C14H21N3O2S2. The van der Waals surface area contributed by atoms with Crippen LogP contribution in [0.3, 0.4) is 0 Å². The summed E-state index contributed by atoms with van der Waals surface area (Å²) in [5, 5.41) is 4.98. The molecule has 0 fully saturated rings. The van der Waals surface area contributed by atoms with Gasteiger partial charge < -0.3 is 10.3 Å². The first-order valence-electron chi connectivity index (χ1n) is 6.71. The van der Waals surface area contributed by atoms with Crippen LogP contribution in [0.4, 0.5) is 0 Å². The second-order valence-corrected chi connectivity index (χ2v) is 8.29. The van der Waals surface area contributed by atoms with E-state index in [4.69, 9.17) is 0 Å². The van der Waals surface area contributed by atoms with Crippen molar-refractivity contribution in [3.63, 3.8) is 0 Å². The molecule has 0 aromatic carbocycles. The standard InChI is InChI=1S/C14H21N3O2S2/c1-14(2,13-5-4-6-20-13)10-17-21(18,19)12-7-11(8-15-3)16-9-12/h4-7,9,15-17H,8,10H2,1-3H3. The Hall–Kier alpha value is -1.15. The van der Waals surface area contributed by atoms with E-state index in [1.165, 1.54) is 6.20 Å². The van der Waals surface area contributed by atoms with Crippen molar-refractivity contribution in [2.24, 2.45) is 0 Å². The third-order valence-corrected chi connectivity index (χ3v) is 5.90. The molecule has 2 rings (SSSR count). The van der Waals surface area contributed by atoms with Crippen LogP contribution in [-0.4, -0.2) is 27.0 Å². The molecule has 0 saturated heterocycles. The van der Waals surface area contributed by atoms with Crippen LogP contribution in [0.25, 0.3) is 0 Å². The normalized spacial score (nSPS) is 12.7. The minimum absolute atomic E-state index is 0.231. The van der Waals surface area contributed by atoms with Gasteiger partial charge in [-0.1, -0.05) is 19.9 Å². The van der Waals surface area contributed by atoms with Gasteiger partial charge in [0.15, 0.2) is 0 Å². The molecule has 2 aromatic heterocycles. The predicted octanol–water partition coefficient (Wildman–Crippen LogP) is 2.05. The number of hydrogen-bond acceptors (Lipinski definition) is 4. The summed E-state index contributed by atoms with van der Waals surface area (Å²) in [6, 6.07) is 5.66. The Morgan fingerprint density at radius 3 is 2.76 bits per heavy atom. The molecule has 0 atom stereocenters. The summed E-state index contributed by atoms with van der Waals surface area (Å²) < 4.78 is 27.3. The number of thiophene rings is 1. The van der Waals surface area contributed by atoms with Gasteiger partial charge >= 0.3 is 0 Å². The summed E-state index contributed by atoms with van der Waals surface area (Å²) in [5.74, 6) is 0. The summed E-state index contributed by atoms with van der Waals surface area (Å²) in [6.45, 7) is 5.04. The first kappa shape index (κ1) is 16.2. The number of nitrogens with one attached hydrogen (secondary N) is 3. The number of rotatable bonds is 7. The molecule has 0 unspecified atom stereocenters. The van der Waals surface area contributed by atoms with Crippen LogP contribution >= 0.6 is 11.3 Å². The minimum atomic E-state index is -3.49. The maximum absolute atomic E-state index is 12.3. The fourth-order valence-electron chi connectivity index (χ4n) is 1.98. The van der Waals surface area contributed by atoms with E-state index in [1.807, 2.05) is 38.4 Å². The van der Waals surface area contributed by atoms with Crippen molar-refractivity contribution >= 4 is 21.4 Å². The summed E-state index contributed by atoms with van der Waals surface area (Å²) in [4.78, 5) is 4.39. The van der Waals surface area contributed by atoms with Gasteiger partial charge in [0, 0.05) is 35.3 Å². The molecular weight excluding hydrogens is 306 g/mol. The molecule has 0 bridgehead atoms.